The molecule has 31 heavy (non-hydrogen) atoms. The zero-order chi connectivity index (χ0) is 22.0. The predicted molar refractivity (Wildman–Crippen MR) is 124 cm³/mol. The summed E-state index contributed by atoms with van der Waals surface area (Å²) in [6, 6.07) is 13.2. The Hall–Kier alpha value is -3.28. The molecule has 1 saturated carbocycles. The zero-order valence-corrected chi connectivity index (χ0v) is 18.3. The highest BCUT2D eigenvalue weighted by molar-refractivity contribution is 5.90. The van der Waals surface area contributed by atoms with Crippen molar-refractivity contribution in [2.24, 2.45) is 0 Å². The second kappa shape index (κ2) is 8.84. The van der Waals surface area contributed by atoms with Gasteiger partial charge in [-0.05, 0) is 74.2 Å². The number of nitrogens with one attached hydrogen (secondary N) is 2. The first-order chi connectivity index (χ1) is 14.9. The van der Waals surface area contributed by atoms with Gasteiger partial charge in [0.1, 0.15) is 5.75 Å². The smallest absolute Gasteiger partial charge is 0.322 e. The summed E-state index contributed by atoms with van der Waals surface area (Å²) >= 11 is 0. The number of hydrogen-bond donors (Lipinski definition) is 2. The third kappa shape index (κ3) is 4.58. The van der Waals surface area contributed by atoms with Crippen molar-refractivity contribution in [3.8, 4) is 5.75 Å². The number of aromatic amines is 1. The average Bonchev–Trinajstić information content (AvgIpc) is 3.27. The molecule has 4 rings (SSSR count). The number of methoxy groups -OCH3 is 1. The molecule has 3 aromatic rings. The number of carbonyl (C=O) groups is 1. The van der Waals surface area contributed by atoms with E-state index < -0.39 is 0 Å². The van der Waals surface area contributed by atoms with Gasteiger partial charge in [-0.15, -0.1) is 0 Å². The number of ether oxygens (including phenoxy) is 1. The molecule has 2 amide bonds. The Morgan fingerprint density at radius 1 is 1.13 bits per heavy atom. The van der Waals surface area contributed by atoms with Gasteiger partial charge in [0, 0.05) is 28.2 Å². The first-order valence-electron chi connectivity index (χ1n) is 10.8. The number of anilines is 1. The lowest BCUT2D eigenvalue weighted by atomic mass is 10.0. The number of carbonyl (C=O) groups excluding carboxylic acids is 1. The van der Waals surface area contributed by atoms with Gasteiger partial charge in [-0.1, -0.05) is 18.9 Å². The standard InChI is InChI=1S/C25H29N3O3/c1-16-12-17(2)22-14-18(24(29)27-23(22)13-16)15-28(20-6-4-5-7-20)25(30)26-19-8-10-21(31-3)11-9-19/h8-14,20H,4-7,15H2,1-3H3,(H,26,30)(H,27,29). The number of aryl methyl sites for hydroxylation is 2. The lowest BCUT2D eigenvalue weighted by molar-refractivity contribution is 0.184. The van der Waals surface area contributed by atoms with E-state index in [2.05, 4.69) is 16.4 Å². The minimum absolute atomic E-state index is 0.132. The molecule has 0 radical (unpaired) electrons. The van der Waals surface area contributed by atoms with Gasteiger partial charge in [-0.25, -0.2) is 4.79 Å². The van der Waals surface area contributed by atoms with E-state index in [9.17, 15) is 9.59 Å². The molecular formula is C25H29N3O3. The molecule has 6 nitrogen and oxygen atoms in total. The van der Waals surface area contributed by atoms with Crippen molar-refractivity contribution in [1.29, 1.82) is 0 Å². The van der Waals surface area contributed by atoms with Crippen LogP contribution in [-0.4, -0.2) is 29.1 Å². The summed E-state index contributed by atoms with van der Waals surface area (Å²) in [6.45, 7) is 4.35. The number of pyridine rings is 1. The molecule has 6 heteroatoms. The lowest BCUT2D eigenvalue weighted by Gasteiger charge is -2.29. The summed E-state index contributed by atoms with van der Waals surface area (Å²) in [6.07, 6.45) is 4.12. The highest BCUT2D eigenvalue weighted by atomic mass is 16.5. The number of aromatic nitrogens is 1. The van der Waals surface area contributed by atoms with Gasteiger partial charge in [0.15, 0.2) is 0 Å². The molecular weight excluding hydrogens is 390 g/mol. The highest BCUT2D eigenvalue weighted by Crippen LogP contribution is 2.27. The van der Waals surface area contributed by atoms with Crippen molar-refractivity contribution in [2.75, 3.05) is 12.4 Å². The molecule has 1 aromatic heterocycles. The van der Waals surface area contributed by atoms with Crippen LogP contribution in [0.3, 0.4) is 0 Å². The van der Waals surface area contributed by atoms with Gasteiger partial charge < -0.3 is 19.9 Å². The van der Waals surface area contributed by atoms with Crippen LogP contribution in [0.2, 0.25) is 0 Å². The number of hydrogen-bond acceptors (Lipinski definition) is 3. The number of amides is 2. The van der Waals surface area contributed by atoms with Crippen molar-refractivity contribution in [3.63, 3.8) is 0 Å². The van der Waals surface area contributed by atoms with E-state index in [0.29, 0.717) is 11.3 Å². The maximum atomic E-state index is 13.2. The van der Waals surface area contributed by atoms with Gasteiger partial charge in [-0.2, -0.15) is 0 Å². The molecule has 0 atom stereocenters. The largest absolute Gasteiger partial charge is 0.497 e. The predicted octanol–water partition coefficient (Wildman–Crippen LogP) is 5.13. The first kappa shape index (κ1) is 21.0. The quantitative estimate of drug-likeness (QED) is 0.602. The molecule has 0 saturated heterocycles. The molecule has 162 valence electrons. The number of H-pyrrole nitrogens is 1. The minimum atomic E-state index is -0.183. The number of benzene rings is 2. The van der Waals surface area contributed by atoms with Gasteiger partial charge in [-0.3, -0.25) is 4.79 Å². The first-order valence-corrected chi connectivity index (χ1v) is 10.8. The van der Waals surface area contributed by atoms with E-state index in [1.54, 1.807) is 7.11 Å². The Kier molecular flexibility index (Phi) is 5.98. The molecule has 1 aliphatic rings. The Balaban J connectivity index is 1.63. The molecule has 2 aromatic carbocycles. The van der Waals surface area contributed by atoms with Gasteiger partial charge in [0.05, 0.1) is 13.7 Å². The van der Waals surface area contributed by atoms with Crippen LogP contribution in [0.15, 0.2) is 47.3 Å². The molecule has 0 aliphatic heterocycles. The van der Waals surface area contributed by atoms with Crippen LogP contribution in [0.25, 0.3) is 10.9 Å². The number of nitrogens with zero attached hydrogens (tertiary/aromatic N) is 1. The summed E-state index contributed by atoms with van der Waals surface area (Å²) in [5, 5.41) is 4.00. The van der Waals surface area contributed by atoms with Crippen LogP contribution in [0.1, 0.15) is 42.4 Å². The van der Waals surface area contributed by atoms with E-state index in [1.165, 1.54) is 0 Å². The lowest BCUT2D eigenvalue weighted by Crippen LogP contribution is -2.42. The molecule has 1 aliphatic carbocycles. The number of rotatable bonds is 5. The Morgan fingerprint density at radius 3 is 2.52 bits per heavy atom. The normalized spacial score (nSPS) is 14.0. The van der Waals surface area contributed by atoms with Crippen LogP contribution >= 0.6 is 0 Å². The zero-order valence-electron chi connectivity index (χ0n) is 18.3. The van der Waals surface area contributed by atoms with Crippen LogP contribution in [0, 0.1) is 13.8 Å². The summed E-state index contributed by atoms with van der Waals surface area (Å²) in [5.74, 6) is 0.735. The maximum Gasteiger partial charge on any atom is 0.322 e. The maximum absolute atomic E-state index is 13.2. The average molecular weight is 420 g/mol. The number of fused-ring (bicyclic) bond motifs is 1. The Morgan fingerprint density at radius 2 is 1.84 bits per heavy atom. The van der Waals surface area contributed by atoms with Crippen LogP contribution in [-0.2, 0) is 6.54 Å². The summed E-state index contributed by atoms with van der Waals surface area (Å²) < 4.78 is 5.19. The van der Waals surface area contributed by atoms with Crippen LogP contribution < -0.4 is 15.6 Å². The minimum Gasteiger partial charge on any atom is -0.497 e. The second-order valence-electron chi connectivity index (χ2n) is 8.39. The molecule has 0 bridgehead atoms. The van der Waals surface area contributed by atoms with E-state index in [4.69, 9.17) is 4.74 Å². The third-order valence-electron chi connectivity index (χ3n) is 6.10. The monoisotopic (exact) mass is 419 g/mol. The van der Waals surface area contributed by atoms with Gasteiger partial charge in [0.2, 0.25) is 0 Å². The Bertz CT molecular complexity index is 1150. The van der Waals surface area contributed by atoms with E-state index >= 15 is 0 Å². The Labute approximate surface area is 182 Å². The van der Waals surface area contributed by atoms with E-state index in [0.717, 1.165) is 53.5 Å². The molecule has 1 heterocycles. The van der Waals surface area contributed by atoms with Crippen molar-refractivity contribution in [2.45, 2.75) is 52.1 Å². The summed E-state index contributed by atoms with van der Waals surface area (Å²) in [4.78, 5) is 30.9. The second-order valence-corrected chi connectivity index (χ2v) is 8.39. The van der Waals surface area contributed by atoms with Gasteiger partial charge >= 0.3 is 6.03 Å². The van der Waals surface area contributed by atoms with Crippen LogP contribution in [0.5, 0.6) is 5.75 Å². The molecule has 2 N–H and O–H groups in total. The van der Waals surface area contributed by atoms with Crippen molar-refractivity contribution in [3.05, 3.63) is 69.5 Å². The fraction of sp³-hybridized carbons (Fsp3) is 0.360. The fourth-order valence-corrected chi connectivity index (χ4v) is 4.47. The van der Waals surface area contributed by atoms with Crippen LogP contribution in [0.4, 0.5) is 10.5 Å². The molecule has 0 unspecified atom stereocenters. The number of urea groups is 1. The van der Waals surface area contributed by atoms with E-state index in [-0.39, 0.29) is 24.2 Å². The molecule has 1 fully saturated rings. The summed E-state index contributed by atoms with van der Waals surface area (Å²) in [5.41, 5.74) is 4.23. The van der Waals surface area contributed by atoms with Gasteiger partial charge in [0.25, 0.3) is 5.56 Å². The fourth-order valence-electron chi connectivity index (χ4n) is 4.47. The van der Waals surface area contributed by atoms with Crippen molar-refractivity contribution < 1.29 is 9.53 Å². The van der Waals surface area contributed by atoms with Crippen molar-refractivity contribution in [1.82, 2.24) is 9.88 Å². The summed E-state index contributed by atoms with van der Waals surface area (Å²) in [7, 11) is 1.61. The third-order valence-corrected chi connectivity index (χ3v) is 6.10. The van der Waals surface area contributed by atoms with E-state index in [1.807, 2.05) is 55.1 Å². The van der Waals surface area contributed by atoms with Crippen molar-refractivity contribution >= 4 is 22.6 Å². The SMILES string of the molecule is COc1ccc(NC(=O)N(Cc2cc3c(C)cc(C)cc3[nH]c2=O)C2CCCC2)cc1. The highest BCUT2D eigenvalue weighted by Gasteiger charge is 2.28. The topological polar surface area (TPSA) is 74.4 Å². The molecule has 0 spiro atoms.